The van der Waals surface area contributed by atoms with Crippen molar-refractivity contribution in [1.82, 2.24) is 0 Å². The van der Waals surface area contributed by atoms with Crippen LogP contribution in [-0.4, -0.2) is 18.3 Å². The predicted molar refractivity (Wildman–Crippen MR) is 84.8 cm³/mol. The first-order chi connectivity index (χ1) is 9.72. The summed E-state index contributed by atoms with van der Waals surface area (Å²) in [5.74, 6) is 0.583. The van der Waals surface area contributed by atoms with E-state index in [2.05, 4.69) is 40.2 Å². The second-order valence-electron chi connectivity index (χ2n) is 5.56. The molecule has 2 aromatic carbocycles. The van der Waals surface area contributed by atoms with Crippen molar-refractivity contribution in [3.8, 4) is 0 Å². The summed E-state index contributed by atoms with van der Waals surface area (Å²) in [4.78, 5) is 0. The van der Waals surface area contributed by atoms with Gasteiger partial charge < -0.3 is 9.84 Å². The molecule has 0 aromatic heterocycles. The number of rotatable bonds is 3. The van der Waals surface area contributed by atoms with Gasteiger partial charge in [-0.05, 0) is 59.7 Å². The lowest BCUT2D eigenvalue weighted by atomic mass is 9.90. The molecule has 1 unspecified atom stereocenters. The van der Waals surface area contributed by atoms with Crippen molar-refractivity contribution in [3.05, 3.63) is 46.4 Å². The van der Waals surface area contributed by atoms with Crippen molar-refractivity contribution in [3.63, 3.8) is 0 Å². The zero-order valence-corrected chi connectivity index (χ0v) is 13.0. The van der Waals surface area contributed by atoms with Gasteiger partial charge in [0.1, 0.15) is 0 Å². The predicted octanol–water partition coefficient (Wildman–Crippen LogP) is 4.45. The van der Waals surface area contributed by atoms with E-state index in [0.717, 1.165) is 42.5 Å². The Hall–Kier alpha value is -0.900. The summed E-state index contributed by atoms with van der Waals surface area (Å²) >= 11 is 3.48. The molecule has 1 fully saturated rings. The van der Waals surface area contributed by atoms with E-state index < -0.39 is 0 Å². The Morgan fingerprint density at radius 3 is 2.60 bits per heavy atom. The zero-order valence-electron chi connectivity index (χ0n) is 11.4. The van der Waals surface area contributed by atoms with Gasteiger partial charge in [-0.25, -0.2) is 0 Å². The van der Waals surface area contributed by atoms with Crippen molar-refractivity contribution in [1.29, 1.82) is 0 Å². The highest BCUT2D eigenvalue weighted by Crippen LogP contribution is 2.29. The van der Waals surface area contributed by atoms with Crippen LogP contribution in [0.15, 0.2) is 40.9 Å². The fourth-order valence-corrected chi connectivity index (χ4v) is 3.26. The van der Waals surface area contributed by atoms with Crippen molar-refractivity contribution >= 4 is 26.7 Å². The maximum atomic E-state index is 10.4. The third-order valence-corrected chi connectivity index (χ3v) is 4.60. The molecule has 0 aliphatic carbocycles. The number of aliphatic hydroxyl groups is 1. The highest BCUT2D eigenvalue weighted by molar-refractivity contribution is 9.10. The lowest BCUT2D eigenvalue weighted by molar-refractivity contribution is 0.0435. The summed E-state index contributed by atoms with van der Waals surface area (Å²) in [5, 5.41) is 12.8. The number of halogens is 1. The van der Waals surface area contributed by atoms with Crippen LogP contribution in [0.5, 0.6) is 0 Å². The highest BCUT2D eigenvalue weighted by Gasteiger charge is 2.19. The summed E-state index contributed by atoms with van der Waals surface area (Å²) in [6, 6.07) is 12.5. The van der Waals surface area contributed by atoms with Crippen molar-refractivity contribution < 1.29 is 9.84 Å². The second kappa shape index (κ2) is 6.25. The van der Waals surface area contributed by atoms with Crippen molar-refractivity contribution in [2.75, 3.05) is 13.2 Å². The third kappa shape index (κ3) is 3.22. The molecule has 0 spiro atoms. The molecule has 0 bridgehead atoms. The molecule has 1 heterocycles. The number of aliphatic hydroxyl groups excluding tert-OH is 1. The summed E-state index contributed by atoms with van der Waals surface area (Å²) < 4.78 is 6.45. The van der Waals surface area contributed by atoms with Gasteiger partial charge >= 0.3 is 0 Å². The van der Waals surface area contributed by atoms with E-state index >= 15 is 0 Å². The maximum Gasteiger partial charge on any atom is 0.0792 e. The molecule has 1 aliphatic rings. The van der Waals surface area contributed by atoms with E-state index in [4.69, 9.17) is 4.74 Å². The molecule has 3 rings (SSSR count). The molecular formula is C17H19BrO2. The summed E-state index contributed by atoms with van der Waals surface area (Å²) in [6.07, 6.45) is 2.60. The molecule has 20 heavy (non-hydrogen) atoms. The molecule has 3 heteroatoms. The quantitative estimate of drug-likeness (QED) is 0.898. The van der Waals surface area contributed by atoms with Crippen LogP contribution in [0.1, 0.15) is 30.9 Å². The standard InChI is InChI=1S/C17H19BrO2/c18-16-4-3-13-10-15(2-1-14(13)11-16)17(19)9-12-5-7-20-8-6-12/h1-4,10-12,17,19H,5-9H2. The Kier molecular flexibility index (Phi) is 4.39. The zero-order chi connectivity index (χ0) is 13.9. The van der Waals surface area contributed by atoms with Crippen LogP contribution in [-0.2, 0) is 4.74 Å². The molecule has 1 aliphatic heterocycles. The van der Waals surface area contributed by atoms with Gasteiger partial charge in [-0.2, -0.15) is 0 Å². The molecular weight excluding hydrogens is 316 g/mol. The van der Waals surface area contributed by atoms with Gasteiger partial charge in [0.05, 0.1) is 6.10 Å². The third-order valence-electron chi connectivity index (χ3n) is 4.11. The number of hydrogen-bond acceptors (Lipinski definition) is 2. The second-order valence-corrected chi connectivity index (χ2v) is 6.47. The van der Waals surface area contributed by atoms with Crippen LogP contribution in [0.2, 0.25) is 0 Å². The Morgan fingerprint density at radius 2 is 1.80 bits per heavy atom. The minimum Gasteiger partial charge on any atom is -0.388 e. The van der Waals surface area contributed by atoms with Crippen LogP contribution >= 0.6 is 15.9 Å². The van der Waals surface area contributed by atoms with Gasteiger partial charge in [0.25, 0.3) is 0 Å². The SMILES string of the molecule is OC(CC1CCOCC1)c1ccc2cc(Br)ccc2c1. The lowest BCUT2D eigenvalue weighted by Gasteiger charge is -2.24. The summed E-state index contributed by atoms with van der Waals surface area (Å²) in [6.45, 7) is 1.67. The van der Waals surface area contributed by atoms with Gasteiger partial charge in [0.15, 0.2) is 0 Å². The normalized spacial score (nSPS) is 18.3. The maximum absolute atomic E-state index is 10.4. The van der Waals surface area contributed by atoms with E-state index in [1.807, 2.05) is 12.1 Å². The summed E-state index contributed by atoms with van der Waals surface area (Å²) in [5.41, 5.74) is 1.02. The first kappa shape index (κ1) is 14.1. The van der Waals surface area contributed by atoms with Crippen LogP contribution in [0.3, 0.4) is 0 Å². The van der Waals surface area contributed by atoms with E-state index in [0.29, 0.717) is 5.92 Å². The van der Waals surface area contributed by atoms with E-state index in [9.17, 15) is 5.11 Å². The fourth-order valence-electron chi connectivity index (χ4n) is 2.88. The number of hydrogen-bond donors (Lipinski definition) is 1. The highest BCUT2D eigenvalue weighted by atomic mass is 79.9. The molecule has 0 saturated carbocycles. The fraction of sp³-hybridized carbons (Fsp3) is 0.412. The summed E-state index contributed by atoms with van der Waals surface area (Å²) in [7, 11) is 0. The molecule has 1 saturated heterocycles. The van der Waals surface area contributed by atoms with E-state index in [1.165, 1.54) is 10.8 Å². The molecule has 2 aromatic rings. The topological polar surface area (TPSA) is 29.5 Å². The van der Waals surface area contributed by atoms with E-state index in [-0.39, 0.29) is 6.10 Å². The van der Waals surface area contributed by atoms with Crippen LogP contribution in [0, 0.1) is 5.92 Å². The Morgan fingerprint density at radius 1 is 1.10 bits per heavy atom. The lowest BCUT2D eigenvalue weighted by Crippen LogP contribution is -2.18. The minimum absolute atomic E-state index is 0.369. The molecule has 106 valence electrons. The van der Waals surface area contributed by atoms with Crippen LogP contribution < -0.4 is 0 Å². The van der Waals surface area contributed by atoms with Crippen LogP contribution in [0.25, 0.3) is 10.8 Å². The molecule has 0 amide bonds. The van der Waals surface area contributed by atoms with E-state index in [1.54, 1.807) is 0 Å². The van der Waals surface area contributed by atoms with Crippen LogP contribution in [0.4, 0.5) is 0 Å². The molecule has 1 atom stereocenters. The minimum atomic E-state index is -0.369. The van der Waals surface area contributed by atoms with Gasteiger partial charge in [-0.15, -0.1) is 0 Å². The Labute approximate surface area is 127 Å². The van der Waals surface area contributed by atoms with Crippen molar-refractivity contribution in [2.24, 2.45) is 5.92 Å². The number of ether oxygens (including phenoxy) is 1. The monoisotopic (exact) mass is 334 g/mol. The first-order valence-corrected chi connectivity index (χ1v) is 7.97. The first-order valence-electron chi connectivity index (χ1n) is 7.17. The molecule has 1 N–H and O–H groups in total. The van der Waals surface area contributed by atoms with Gasteiger partial charge in [-0.3, -0.25) is 0 Å². The largest absolute Gasteiger partial charge is 0.388 e. The van der Waals surface area contributed by atoms with Gasteiger partial charge in [0, 0.05) is 17.7 Å². The molecule has 0 radical (unpaired) electrons. The molecule has 2 nitrogen and oxygen atoms in total. The average molecular weight is 335 g/mol. The Balaban J connectivity index is 1.76. The van der Waals surface area contributed by atoms with Gasteiger partial charge in [0.2, 0.25) is 0 Å². The van der Waals surface area contributed by atoms with Crippen molar-refractivity contribution in [2.45, 2.75) is 25.4 Å². The average Bonchev–Trinajstić information content (AvgIpc) is 2.47. The number of benzene rings is 2. The number of fused-ring (bicyclic) bond motifs is 1. The Bertz CT molecular complexity index is 591. The smallest absolute Gasteiger partial charge is 0.0792 e. The van der Waals surface area contributed by atoms with Gasteiger partial charge in [-0.1, -0.05) is 34.1 Å².